The predicted molar refractivity (Wildman–Crippen MR) is 175 cm³/mol. The highest BCUT2D eigenvalue weighted by molar-refractivity contribution is 9.10. The van der Waals surface area contributed by atoms with E-state index in [0.29, 0.717) is 61.0 Å². The predicted octanol–water partition coefficient (Wildman–Crippen LogP) is 6.46. The summed E-state index contributed by atoms with van der Waals surface area (Å²) in [6.45, 7) is 4.89. The summed E-state index contributed by atoms with van der Waals surface area (Å²) in [4.78, 5) is 31.6. The van der Waals surface area contributed by atoms with Crippen molar-refractivity contribution in [3.8, 4) is 17.2 Å². The maximum absolute atomic E-state index is 13.9. The third kappa shape index (κ3) is 6.73. The summed E-state index contributed by atoms with van der Waals surface area (Å²) in [5.41, 5.74) is 2.05. The summed E-state index contributed by atoms with van der Waals surface area (Å²) in [6.07, 6.45) is 3.12. The van der Waals surface area contributed by atoms with Crippen LogP contribution in [0.15, 0.2) is 80.6 Å². The number of thiazole rings is 1. The minimum atomic E-state index is -0.808. The van der Waals surface area contributed by atoms with Gasteiger partial charge in [-0.05, 0) is 73.0 Å². The van der Waals surface area contributed by atoms with E-state index in [1.165, 1.54) is 29.2 Å². The highest BCUT2D eigenvalue weighted by atomic mass is 79.9. The number of hydrogen-bond acceptors (Lipinski definition) is 8. The van der Waals surface area contributed by atoms with Gasteiger partial charge in [0.05, 0.1) is 46.5 Å². The number of halogens is 3. The zero-order chi connectivity index (χ0) is 31.4. The van der Waals surface area contributed by atoms with Crippen molar-refractivity contribution in [3.63, 3.8) is 0 Å². The number of aromatic nitrogens is 1. The Morgan fingerprint density at radius 3 is 2.34 bits per heavy atom. The van der Waals surface area contributed by atoms with Gasteiger partial charge in [-0.2, -0.15) is 0 Å². The average molecular weight is 718 g/mol. The van der Waals surface area contributed by atoms with Gasteiger partial charge < -0.3 is 18.9 Å². The van der Waals surface area contributed by atoms with Crippen molar-refractivity contribution in [2.75, 3.05) is 20.3 Å². The fourth-order valence-corrected chi connectivity index (χ4v) is 6.52. The second-order valence-electron chi connectivity index (χ2n) is 9.48. The SMILES string of the molecule is CCOc1ccc([C@H]2C(C(=O)OC)=CN=c3s/c(=C\c4cc(Cl)c(OCc5ccc(Br)cc5)c(Cl)c4)c(=O)n32)cc1OCC. The van der Waals surface area contributed by atoms with Crippen LogP contribution in [0.3, 0.4) is 0 Å². The lowest BCUT2D eigenvalue weighted by atomic mass is 9.97. The van der Waals surface area contributed by atoms with Crippen molar-refractivity contribution in [2.24, 2.45) is 4.99 Å². The Morgan fingerprint density at radius 1 is 1.00 bits per heavy atom. The van der Waals surface area contributed by atoms with Crippen LogP contribution < -0.4 is 29.1 Å². The van der Waals surface area contributed by atoms with Gasteiger partial charge in [-0.1, -0.05) is 68.7 Å². The second kappa shape index (κ2) is 14.0. The molecule has 1 atom stereocenters. The van der Waals surface area contributed by atoms with E-state index in [9.17, 15) is 9.59 Å². The van der Waals surface area contributed by atoms with Gasteiger partial charge in [0.25, 0.3) is 5.56 Å². The molecule has 0 unspecified atom stereocenters. The molecular formula is C32H27BrCl2N2O6S. The number of carbonyl (C=O) groups excluding carboxylic acids is 1. The molecule has 0 radical (unpaired) electrons. The first-order chi connectivity index (χ1) is 21.2. The minimum absolute atomic E-state index is 0.205. The van der Waals surface area contributed by atoms with Gasteiger partial charge in [0.2, 0.25) is 0 Å². The van der Waals surface area contributed by atoms with E-state index >= 15 is 0 Å². The molecule has 1 aliphatic heterocycles. The molecule has 2 heterocycles. The van der Waals surface area contributed by atoms with Gasteiger partial charge in [0, 0.05) is 10.7 Å². The van der Waals surface area contributed by atoms with Crippen molar-refractivity contribution >= 4 is 62.5 Å². The third-order valence-corrected chi connectivity index (χ3v) is 8.71. The number of methoxy groups -OCH3 is 1. The van der Waals surface area contributed by atoms with Crippen LogP contribution in [-0.4, -0.2) is 30.9 Å². The van der Waals surface area contributed by atoms with Crippen LogP contribution in [0.1, 0.15) is 36.6 Å². The van der Waals surface area contributed by atoms with E-state index in [0.717, 1.165) is 10.0 Å². The molecule has 4 aromatic rings. The Hall–Kier alpha value is -3.57. The molecule has 0 fully saturated rings. The molecule has 0 spiro atoms. The maximum atomic E-state index is 13.9. The molecule has 228 valence electrons. The molecule has 0 bridgehead atoms. The summed E-state index contributed by atoms with van der Waals surface area (Å²) in [6, 6.07) is 15.6. The van der Waals surface area contributed by atoms with Crippen LogP contribution in [0, 0.1) is 0 Å². The Balaban J connectivity index is 1.54. The molecule has 0 amide bonds. The third-order valence-electron chi connectivity index (χ3n) is 6.62. The first kappa shape index (κ1) is 31.8. The van der Waals surface area contributed by atoms with Crippen LogP contribution in [0.25, 0.3) is 6.08 Å². The van der Waals surface area contributed by atoms with Crippen molar-refractivity contribution in [1.29, 1.82) is 0 Å². The summed E-state index contributed by atoms with van der Waals surface area (Å²) in [7, 11) is 1.29. The monoisotopic (exact) mass is 716 g/mol. The highest BCUT2D eigenvalue weighted by Gasteiger charge is 2.31. The van der Waals surface area contributed by atoms with E-state index in [2.05, 4.69) is 20.9 Å². The molecule has 0 aliphatic carbocycles. The topological polar surface area (TPSA) is 88.4 Å². The van der Waals surface area contributed by atoms with Crippen LogP contribution in [0.2, 0.25) is 10.0 Å². The number of nitrogens with zero attached hydrogens (tertiary/aromatic N) is 2. The van der Waals surface area contributed by atoms with Crippen molar-refractivity contribution in [2.45, 2.75) is 26.5 Å². The molecule has 0 N–H and O–H groups in total. The first-order valence-corrected chi connectivity index (χ1v) is 16.0. The highest BCUT2D eigenvalue weighted by Crippen LogP contribution is 2.36. The quantitative estimate of drug-likeness (QED) is 0.175. The summed E-state index contributed by atoms with van der Waals surface area (Å²) < 4.78 is 25.3. The number of ether oxygens (including phenoxy) is 4. The fraction of sp³-hybridized carbons (Fsp3) is 0.219. The molecule has 8 nitrogen and oxygen atoms in total. The van der Waals surface area contributed by atoms with Gasteiger partial charge >= 0.3 is 5.97 Å². The van der Waals surface area contributed by atoms with Crippen molar-refractivity contribution < 1.29 is 23.7 Å². The fourth-order valence-electron chi connectivity index (χ4n) is 4.68. The summed E-state index contributed by atoms with van der Waals surface area (Å²) >= 11 is 17.7. The van der Waals surface area contributed by atoms with Gasteiger partial charge in [-0.3, -0.25) is 9.36 Å². The van der Waals surface area contributed by atoms with E-state index < -0.39 is 12.0 Å². The molecule has 3 aromatic carbocycles. The zero-order valence-electron chi connectivity index (χ0n) is 23.9. The van der Waals surface area contributed by atoms with Gasteiger partial charge in [-0.25, -0.2) is 9.79 Å². The van der Waals surface area contributed by atoms with E-state index in [4.69, 9.17) is 42.1 Å². The number of rotatable bonds is 10. The molecule has 0 saturated carbocycles. The Kier molecular flexibility index (Phi) is 10.2. The first-order valence-electron chi connectivity index (χ1n) is 13.6. The lowest BCUT2D eigenvalue weighted by Gasteiger charge is -2.23. The average Bonchev–Trinajstić information content (AvgIpc) is 3.32. The maximum Gasteiger partial charge on any atom is 0.337 e. The number of fused-ring (bicyclic) bond motifs is 1. The minimum Gasteiger partial charge on any atom is -0.490 e. The lowest BCUT2D eigenvalue weighted by Crippen LogP contribution is -2.39. The molecule has 0 saturated heterocycles. The normalized spacial score (nSPS) is 14.4. The number of carbonyl (C=O) groups is 1. The zero-order valence-corrected chi connectivity index (χ0v) is 27.8. The van der Waals surface area contributed by atoms with Crippen LogP contribution >= 0.6 is 50.5 Å². The van der Waals surface area contributed by atoms with Crippen LogP contribution in [0.5, 0.6) is 17.2 Å². The Morgan fingerprint density at radius 2 is 1.68 bits per heavy atom. The molecular weight excluding hydrogens is 691 g/mol. The standard InChI is InChI=1S/C32H27BrCl2N2O6S/c1-4-41-25-11-8-20(15-26(25)42-5-2)28-22(31(39)40-3)16-36-32-37(28)30(38)27(44-32)14-19-12-23(34)29(24(35)13-19)43-17-18-6-9-21(33)10-7-18/h6-16,28H,4-5,17H2,1-3H3/b27-14-/t28-/m0/s1. The Labute approximate surface area is 275 Å². The molecule has 44 heavy (non-hydrogen) atoms. The second-order valence-corrected chi connectivity index (χ2v) is 12.2. The lowest BCUT2D eigenvalue weighted by molar-refractivity contribution is -0.136. The van der Waals surface area contributed by atoms with E-state index in [-0.39, 0.29) is 17.7 Å². The molecule has 5 rings (SSSR count). The van der Waals surface area contributed by atoms with Gasteiger partial charge in [0.15, 0.2) is 22.0 Å². The Bertz CT molecular complexity index is 1900. The number of hydrogen-bond donors (Lipinski definition) is 0. The largest absolute Gasteiger partial charge is 0.490 e. The summed E-state index contributed by atoms with van der Waals surface area (Å²) in [5, 5.41) is 0.606. The van der Waals surface area contributed by atoms with Gasteiger partial charge in [-0.15, -0.1) is 0 Å². The van der Waals surface area contributed by atoms with E-state index in [1.807, 2.05) is 38.1 Å². The van der Waals surface area contributed by atoms with E-state index in [1.54, 1.807) is 36.4 Å². The summed E-state index contributed by atoms with van der Waals surface area (Å²) in [5.74, 6) is 0.810. The van der Waals surface area contributed by atoms with Crippen LogP contribution in [-0.2, 0) is 16.1 Å². The smallest absolute Gasteiger partial charge is 0.337 e. The molecule has 1 aliphatic rings. The number of esters is 1. The number of benzene rings is 3. The van der Waals surface area contributed by atoms with Crippen molar-refractivity contribution in [1.82, 2.24) is 4.57 Å². The van der Waals surface area contributed by atoms with Crippen molar-refractivity contribution in [3.05, 3.63) is 117 Å². The van der Waals surface area contributed by atoms with Crippen LogP contribution in [0.4, 0.5) is 0 Å². The molecule has 1 aromatic heterocycles. The van der Waals surface area contributed by atoms with Gasteiger partial charge in [0.1, 0.15) is 6.61 Å². The molecule has 12 heteroatoms.